The van der Waals surface area contributed by atoms with Crippen LogP contribution in [0.15, 0.2) is 43.0 Å². The van der Waals surface area contributed by atoms with E-state index in [4.69, 9.17) is 14.2 Å². The molecule has 3 heterocycles. The van der Waals surface area contributed by atoms with Crippen LogP contribution >= 0.6 is 0 Å². The molecule has 1 fully saturated rings. The summed E-state index contributed by atoms with van der Waals surface area (Å²) < 4.78 is 18.5. The first-order valence-electron chi connectivity index (χ1n) is 9.74. The monoisotopic (exact) mass is 394 g/mol. The Kier molecular flexibility index (Phi) is 5.67. The van der Waals surface area contributed by atoms with Crippen molar-refractivity contribution in [2.24, 2.45) is 0 Å². The highest BCUT2D eigenvalue weighted by Gasteiger charge is 2.17. The molecule has 1 N–H and O–H groups in total. The number of ether oxygens (including phenoxy) is 3. The third kappa shape index (κ3) is 3.91. The second kappa shape index (κ2) is 8.53. The molecular weight excluding hydrogens is 368 g/mol. The van der Waals surface area contributed by atoms with Crippen LogP contribution < -0.4 is 19.5 Å². The molecule has 1 aromatic carbocycles. The molecule has 0 amide bonds. The van der Waals surface area contributed by atoms with Crippen molar-refractivity contribution in [3.8, 4) is 39.5 Å². The Hall–Kier alpha value is -3.06. The maximum Gasteiger partial charge on any atom is 0.203 e. The summed E-state index contributed by atoms with van der Waals surface area (Å²) in [5.74, 6) is 1.81. The fourth-order valence-electron chi connectivity index (χ4n) is 3.76. The van der Waals surface area contributed by atoms with Gasteiger partial charge < -0.3 is 19.5 Å². The molecule has 0 aliphatic carbocycles. The van der Waals surface area contributed by atoms with E-state index in [1.807, 2.05) is 30.7 Å². The standard InChI is InChI=1S/C22H26N4O3/c1-27-20-9-15(10-21(28-2)22(20)29-3)16-8-17(12-24-11-16)18-13-25-26(14-18)19-4-6-23-7-5-19/h8-14,19,23H,4-7H2,1-3H3. The van der Waals surface area contributed by atoms with Crippen LogP contribution in [-0.2, 0) is 0 Å². The van der Waals surface area contributed by atoms with E-state index in [2.05, 4.69) is 32.3 Å². The number of hydrogen-bond donors (Lipinski definition) is 1. The van der Waals surface area contributed by atoms with E-state index in [9.17, 15) is 0 Å². The first-order valence-corrected chi connectivity index (χ1v) is 9.74. The summed E-state index contributed by atoms with van der Waals surface area (Å²) in [7, 11) is 4.83. The summed E-state index contributed by atoms with van der Waals surface area (Å²) in [5, 5.41) is 8.00. The lowest BCUT2D eigenvalue weighted by molar-refractivity contribution is 0.324. The Morgan fingerprint density at radius 3 is 2.10 bits per heavy atom. The van der Waals surface area contributed by atoms with Crippen molar-refractivity contribution >= 4 is 0 Å². The molecule has 152 valence electrons. The Bertz CT molecular complexity index is 955. The molecule has 3 aromatic rings. The third-order valence-electron chi connectivity index (χ3n) is 5.35. The average molecular weight is 394 g/mol. The number of hydrogen-bond acceptors (Lipinski definition) is 6. The highest BCUT2D eigenvalue weighted by Crippen LogP contribution is 2.41. The summed E-state index contributed by atoms with van der Waals surface area (Å²) >= 11 is 0. The second-order valence-electron chi connectivity index (χ2n) is 7.07. The zero-order valence-electron chi connectivity index (χ0n) is 17.0. The predicted molar refractivity (Wildman–Crippen MR) is 112 cm³/mol. The molecule has 2 aromatic heterocycles. The van der Waals surface area contributed by atoms with Gasteiger partial charge in [-0.2, -0.15) is 5.10 Å². The third-order valence-corrected chi connectivity index (χ3v) is 5.35. The normalized spacial score (nSPS) is 14.6. The molecule has 0 radical (unpaired) electrons. The van der Waals surface area contributed by atoms with Gasteiger partial charge in [-0.05, 0) is 49.7 Å². The van der Waals surface area contributed by atoms with Gasteiger partial charge in [0.1, 0.15) is 0 Å². The summed E-state index contributed by atoms with van der Waals surface area (Å²) in [6.45, 7) is 2.08. The van der Waals surface area contributed by atoms with Crippen LogP contribution in [0.2, 0.25) is 0 Å². The van der Waals surface area contributed by atoms with Gasteiger partial charge >= 0.3 is 0 Å². The van der Waals surface area contributed by atoms with Gasteiger partial charge in [0.2, 0.25) is 5.75 Å². The number of pyridine rings is 1. The molecule has 7 heteroatoms. The Labute approximate surface area is 170 Å². The summed E-state index contributed by atoms with van der Waals surface area (Å²) in [6, 6.07) is 6.43. The van der Waals surface area contributed by atoms with Crippen LogP contribution in [0, 0.1) is 0 Å². The number of benzene rings is 1. The molecule has 4 rings (SSSR count). The van der Waals surface area contributed by atoms with Crippen molar-refractivity contribution in [2.75, 3.05) is 34.4 Å². The number of methoxy groups -OCH3 is 3. The van der Waals surface area contributed by atoms with Crippen molar-refractivity contribution in [1.82, 2.24) is 20.1 Å². The van der Waals surface area contributed by atoms with Crippen molar-refractivity contribution in [1.29, 1.82) is 0 Å². The van der Waals surface area contributed by atoms with Crippen LogP contribution in [0.1, 0.15) is 18.9 Å². The maximum absolute atomic E-state index is 5.48. The van der Waals surface area contributed by atoms with E-state index in [1.54, 1.807) is 21.3 Å². The van der Waals surface area contributed by atoms with Gasteiger partial charge in [-0.25, -0.2) is 0 Å². The molecule has 0 spiro atoms. The van der Waals surface area contributed by atoms with Gasteiger partial charge in [0.25, 0.3) is 0 Å². The van der Waals surface area contributed by atoms with E-state index < -0.39 is 0 Å². The Morgan fingerprint density at radius 1 is 0.828 bits per heavy atom. The smallest absolute Gasteiger partial charge is 0.203 e. The first kappa shape index (κ1) is 19.3. The van der Waals surface area contributed by atoms with Gasteiger partial charge in [-0.3, -0.25) is 9.67 Å². The quantitative estimate of drug-likeness (QED) is 0.689. The minimum absolute atomic E-state index is 0.455. The fourth-order valence-corrected chi connectivity index (χ4v) is 3.76. The number of aromatic nitrogens is 3. The molecule has 0 unspecified atom stereocenters. The van der Waals surface area contributed by atoms with Crippen molar-refractivity contribution in [3.05, 3.63) is 43.0 Å². The number of rotatable bonds is 6. The van der Waals surface area contributed by atoms with Gasteiger partial charge in [-0.1, -0.05) is 0 Å². The van der Waals surface area contributed by atoms with Crippen molar-refractivity contribution in [3.63, 3.8) is 0 Å². The Morgan fingerprint density at radius 2 is 1.48 bits per heavy atom. The largest absolute Gasteiger partial charge is 0.493 e. The Balaban J connectivity index is 1.67. The van der Waals surface area contributed by atoms with E-state index in [0.29, 0.717) is 23.3 Å². The van der Waals surface area contributed by atoms with Crippen LogP contribution in [0.25, 0.3) is 22.3 Å². The first-order chi connectivity index (χ1) is 14.2. The molecule has 0 atom stereocenters. The molecule has 29 heavy (non-hydrogen) atoms. The lowest BCUT2D eigenvalue weighted by Crippen LogP contribution is -2.29. The molecule has 0 bridgehead atoms. The highest BCUT2D eigenvalue weighted by molar-refractivity contribution is 5.74. The van der Waals surface area contributed by atoms with E-state index in [-0.39, 0.29) is 0 Å². The highest BCUT2D eigenvalue weighted by atomic mass is 16.5. The molecule has 0 saturated carbocycles. The topological polar surface area (TPSA) is 70.4 Å². The lowest BCUT2D eigenvalue weighted by Gasteiger charge is -2.22. The summed E-state index contributed by atoms with van der Waals surface area (Å²) in [5.41, 5.74) is 4.00. The molecule has 1 saturated heterocycles. The van der Waals surface area contributed by atoms with E-state index in [0.717, 1.165) is 48.2 Å². The summed E-state index contributed by atoms with van der Waals surface area (Å²) in [4.78, 5) is 4.45. The maximum atomic E-state index is 5.48. The van der Waals surface area contributed by atoms with Crippen LogP contribution in [0.4, 0.5) is 0 Å². The number of piperidine rings is 1. The average Bonchev–Trinajstić information content (AvgIpc) is 3.29. The van der Waals surface area contributed by atoms with E-state index in [1.165, 1.54) is 0 Å². The van der Waals surface area contributed by atoms with Crippen LogP contribution in [0.3, 0.4) is 0 Å². The molecule has 1 aliphatic rings. The predicted octanol–water partition coefficient (Wildman–Crippen LogP) is 3.56. The minimum Gasteiger partial charge on any atom is -0.493 e. The minimum atomic E-state index is 0.455. The fraction of sp³-hybridized carbons (Fsp3) is 0.364. The SMILES string of the molecule is COc1cc(-c2cncc(-c3cnn(C4CCNCC4)c3)c2)cc(OC)c1OC. The molecule has 1 aliphatic heterocycles. The van der Waals surface area contributed by atoms with Crippen LogP contribution in [-0.4, -0.2) is 49.2 Å². The number of nitrogens with one attached hydrogen (secondary N) is 1. The number of nitrogens with zero attached hydrogens (tertiary/aromatic N) is 3. The lowest BCUT2D eigenvalue weighted by atomic mass is 10.0. The zero-order valence-corrected chi connectivity index (χ0v) is 17.0. The second-order valence-corrected chi connectivity index (χ2v) is 7.07. The van der Waals surface area contributed by atoms with Crippen molar-refractivity contribution < 1.29 is 14.2 Å². The van der Waals surface area contributed by atoms with Crippen molar-refractivity contribution in [2.45, 2.75) is 18.9 Å². The van der Waals surface area contributed by atoms with Crippen LogP contribution in [0.5, 0.6) is 17.2 Å². The van der Waals surface area contributed by atoms with Gasteiger partial charge in [0.15, 0.2) is 11.5 Å². The molecule has 7 nitrogen and oxygen atoms in total. The van der Waals surface area contributed by atoms with Gasteiger partial charge in [0.05, 0.1) is 33.6 Å². The van der Waals surface area contributed by atoms with Gasteiger partial charge in [0, 0.05) is 35.3 Å². The van der Waals surface area contributed by atoms with Gasteiger partial charge in [-0.15, -0.1) is 0 Å². The van der Waals surface area contributed by atoms with E-state index >= 15 is 0 Å². The molecular formula is C22H26N4O3. The zero-order chi connectivity index (χ0) is 20.2. The summed E-state index contributed by atoms with van der Waals surface area (Å²) in [6.07, 6.45) is 9.94.